The number of esters is 1. The highest BCUT2D eigenvalue weighted by atomic mass is 16.6. The van der Waals surface area contributed by atoms with Crippen LogP contribution in [0.4, 0.5) is 0 Å². The van der Waals surface area contributed by atoms with Gasteiger partial charge in [0.15, 0.2) is 0 Å². The molecule has 1 heterocycles. The van der Waals surface area contributed by atoms with Crippen LogP contribution in [-0.2, 0) is 9.53 Å². The second-order valence-corrected chi connectivity index (χ2v) is 6.61. The number of hydrogen-bond acceptors (Lipinski definition) is 5. The van der Waals surface area contributed by atoms with Crippen molar-refractivity contribution in [2.24, 2.45) is 0 Å². The third kappa shape index (κ3) is 4.89. The average Bonchev–Trinajstić information content (AvgIpc) is 2.98. The Labute approximate surface area is 137 Å². The molecule has 6 nitrogen and oxygen atoms in total. The monoisotopic (exact) mass is 316 g/mol. The van der Waals surface area contributed by atoms with Crippen molar-refractivity contribution in [1.29, 1.82) is 0 Å². The summed E-state index contributed by atoms with van der Waals surface area (Å²) in [5, 5.41) is 4.10. The Morgan fingerprint density at radius 3 is 2.48 bits per heavy atom. The van der Waals surface area contributed by atoms with Gasteiger partial charge < -0.3 is 4.74 Å². The van der Waals surface area contributed by atoms with Gasteiger partial charge in [0, 0.05) is 6.04 Å². The van der Waals surface area contributed by atoms with Crippen LogP contribution >= 0.6 is 0 Å². The Kier molecular flexibility index (Phi) is 5.15. The molecule has 0 aliphatic heterocycles. The quantitative estimate of drug-likeness (QED) is 0.794. The Balaban J connectivity index is 1.99. The van der Waals surface area contributed by atoms with Gasteiger partial charge in [-0.2, -0.15) is 5.10 Å². The maximum absolute atomic E-state index is 11.9. The van der Waals surface area contributed by atoms with Crippen LogP contribution in [0, 0.1) is 0 Å². The third-order valence-corrected chi connectivity index (χ3v) is 3.52. The molecule has 0 N–H and O–H groups in total. The molecule has 2 rings (SSSR count). The number of ether oxygens (including phenoxy) is 1. The molecule has 0 saturated heterocycles. The number of rotatable bonds is 5. The minimum absolute atomic E-state index is 0.104. The van der Waals surface area contributed by atoms with Gasteiger partial charge in [-0.3, -0.25) is 9.69 Å². The number of benzene rings is 1. The largest absolute Gasteiger partial charge is 0.459 e. The summed E-state index contributed by atoms with van der Waals surface area (Å²) in [5.74, 6) is -0.217. The highest BCUT2D eigenvalue weighted by molar-refractivity contribution is 5.72. The van der Waals surface area contributed by atoms with E-state index in [2.05, 4.69) is 17.0 Å². The molecule has 0 amide bonds. The molecular weight excluding hydrogens is 292 g/mol. The Bertz CT molecular complexity index is 630. The van der Waals surface area contributed by atoms with Crippen LogP contribution in [0.2, 0.25) is 0 Å². The molecule has 0 aliphatic carbocycles. The molecule has 1 atom stereocenters. The first-order valence-electron chi connectivity index (χ1n) is 7.63. The number of hydrogen-bond donors (Lipinski definition) is 0. The molecule has 0 bridgehead atoms. The van der Waals surface area contributed by atoms with Gasteiger partial charge in [-0.05, 0) is 52.4 Å². The van der Waals surface area contributed by atoms with Gasteiger partial charge in [0.05, 0.1) is 12.2 Å². The molecule has 0 radical (unpaired) electrons. The SMILES string of the molecule is C[C@H](c1ccc(-n2cncn2)cc1)N(C)CC(=O)OC(C)(C)C. The van der Waals surface area contributed by atoms with Crippen molar-refractivity contribution in [2.45, 2.75) is 39.3 Å². The Morgan fingerprint density at radius 1 is 1.30 bits per heavy atom. The fraction of sp³-hybridized carbons (Fsp3) is 0.471. The van der Waals surface area contributed by atoms with Crippen LogP contribution in [0.1, 0.15) is 39.3 Å². The van der Waals surface area contributed by atoms with E-state index < -0.39 is 5.60 Å². The zero-order valence-corrected chi connectivity index (χ0v) is 14.4. The molecule has 0 aliphatic rings. The predicted octanol–water partition coefficient (Wildman–Crippen LogP) is 2.60. The molecule has 1 aromatic heterocycles. The highest BCUT2D eigenvalue weighted by Crippen LogP contribution is 2.20. The van der Waals surface area contributed by atoms with E-state index in [-0.39, 0.29) is 18.6 Å². The summed E-state index contributed by atoms with van der Waals surface area (Å²) >= 11 is 0. The fourth-order valence-electron chi connectivity index (χ4n) is 2.22. The summed E-state index contributed by atoms with van der Waals surface area (Å²) in [4.78, 5) is 17.8. The van der Waals surface area contributed by atoms with Gasteiger partial charge in [0.2, 0.25) is 0 Å². The van der Waals surface area contributed by atoms with Crippen LogP contribution in [0.3, 0.4) is 0 Å². The molecule has 23 heavy (non-hydrogen) atoms. The van der Waals surface area contributed by atoms with Crippen molar-refractivity contribution in [1.82, 2.24) is 19.7 Å². The van der Waals surface area contributed by atoms with Crippen molar-refractivity contribution in [3.8, 4) is 5.69 Å². The second kappa shape index (κ2) is 6.91. The van der Waals surface area contributed by atoms with Crippen LogP contribution in [0.25, 0.3) is 5.69 Å². The lowest BCUT2D eigenvalue weighted by Crippen LogP contribution is -2.34. The molecule has 0 unspecified atom stereocenters. The Hall–Kier alpha value is -2.21. The van der Waals surface area contributed by atoms with Gasteiger partial charge in [-0.15, -0.1) is 0 Å². The predicted molar refractivity (Wildman–Crippen MR) is 88.2 cm³/mol. The number of likely N-dealkylation sites (N-methyl/N-ethyl adjacent to an activating group) is 1. The maximum atomic E-state index is 11.9. The number of carbonyl (C=O) groups excluding carboxylic acids is 1. The van der Waals surface area contributed by atoms with Crippen molar-refractivity contribution < 1.29 is 9.53 Å². The first-order valence-corrected chi connectivity index (χ1v) is 7.63. The molecule has 0 fully saturated rings. The summed E-state index contributed by atoms with van der Waals surface area (Å²) in [7, 11) is 1.92. The van der Waals surface area contributed by atoms with Crippen LogP contribution in [0.15, 0.2) is 36.9 Å². The van der Waals surface area contributed by atoms with E-state index in [9.17, 15) is 4.79 Å². The molecule has 2 aromatic rings. The molecular formula is C17H24N4O2. The average molecular weight is 316 g/mol. The summed E-state index contributed by atoms with van der Waals surface area (Å²) in [6.45, 7) is 7.93. The van der Waals surface area contributed by atoms with E-state index in [0.29, 0.717) is 0 Å². The minimum Gasteiger partial charge on any atom is -0.459 e. The second-order valence-electron chi connectivity index (χ2n) is 6.61. The van der Waals surface area contributed by atoms with Gasteiger partial charge in [0.25, 0.3) is 0 Å². The fourth-order valence-corrected chi connectivity index (χ4v) is 2.22. The maximum Gasteiger partial charge on any atom is 0.320 e. The van der Waals surface area contributed by atoms with Gasteiger partial charge in [-0.25, -0.2) is 9.67 Å². The summed E-state index contributed by atoms with van der Waals surface area (Å²) in [6, 6.07) is 8.15. The van der Waals surface area contributed by atoms with Gasteiger partial charge >= 0.3 is 5.97 Å². The van der Waals surface area contributed by atoms with E-state index in [0.717, 1.165) is 11.3 Å². The normalized spacial score (nSPS) is 13.1. The first-order chi connectivity index (χ1) is 10.8. The lowest BCUT2D eigenvalue weighted by molar-refractivity contribution is -0.156. The zero-order chi connectivity index (χ0) is 17.0. The number of aromatic nitrogens is 3. The topological polar surface area (TPSA) is 60.2 Å². The van der Waals surface area contributed by atoms with Crippen molar-refractivity contribution >= 4 is 5.97 Å². The molecule has 1 aromatic carbocycles. The first kappa shape index (κ1) is 17.1. The van der Waals surface area contributed by atoms with Gasteiger partial charge in [-0.1, -0.05) is 12.1 Å². The highest BCUT2D eigenvalue weighted by Gasteiger charge is 2.20. The van der Waals surface area contributed by atoms with E-state index in [1.165, 1.54) is 6.33 Å². The molecule has 0 saturated carbocycles. The van der Waals surface area contributed by atoms with E-state index in [1.807, 2.05) is 57.0 Å². The minimum atomic E-state index is -0.458. The summed E-state index contributed by atoms with van der Waals surface area (Å²) in [6.07, 6.45) is 3.16. The lowest BCUT2D eigenvalue weighted by Gasteiger charge is -2.26. The lowest BCUT2D eigenvalue weighted by atomic mass is 10.1. The van der Waals surface area contributed by atoms with Crippen molar-refractivity contribution in [3.05, 3.63) is 42.5 Å². The standard InChI is InChI=1S/C17H24N4O2/c1-13(20(5)10-16(22)23-17(2,3)4)14-6-8-15(9-7-14)21-12-18-11-19-21/h6-9,11-13H,10H2,1-5H3/t13-/m1/s1. The van der Waals surface area contributed by atoms with E-state index >= 15 is 0 Å². The van der Waals surface area contributed by atoms with Crippen molar-refractivity contribution in [2.75, 3.05) is 13.6 Å². The number of nitrogens with zero attached hydrogens (tertiary/aromatic N) is 4. The van der Waals surface area contributed by atoms with Crippen LogP contribution in [0.5, 0.6) is 0 Å². The van der Waals surface area contributed by atoms with E-state index in [4.69, 9.17) is 4.74 Å². The summed E-state index contributed by atoms with van der Waals surface area (Å²) in [5.41, 5.74) is 1.62. The Morgan fingerprint density at radius 2 is 1.96 bits per heavy atom. The van der Waals surface area contributed by atoms with Crippen molar-refractivity contribution in [3.63, 3.8) is 0 Å². The van der Waals surface area contributed by atoms with E-state index in [1.54, 1.807) is 11.0 Å². The molecule has 0 spiro atoms. The van der Waals surface area contributed by atoms with Gasteiger partial charge in [0.1, 0.15) is 18.3 Å². The smallest absolute Gasteiger partial charge is 0.320 e. The number of carbonyl (C=O) groups is 1. The molecule has 6 heteroatoms. The van der Waals surface area contributed by atoms with Crippen LogP contribution in [-0.4, -0.2) is 44.8 Å². The third-order valence-electron chi connectivity index (χ3n) is 3.52. The zero-order valence-electron chi connectivity index (χ0n) is 14.4. The molecule has 124 valence electrons. The summed E-state index contributed by atoms with van der Waals surface area (Å²) < 4.78 is 7.07. The van der Waals surface area contributed by atoms with Crippen LogP contribution < -0.4 is 0 Å².